The summed E-state index contributed by atoms with van der Waals surface area (Å²) in [7, 11) is 0. The average molecular weight is 414 g/mol. The van der Waals surface area contributed by atoms with Crippen LogP contribution in [0.4, 0.5) is 0 Å². The molecule has 1 aromatic carbocycles. The Morgan fingerprint density at radius 2 is 1.92 bits per heavy atom. The Kier molecular flexibility index (Phi) is 6.02. The van der Waals surface area contributed by atoms with E-state index >= 15 is 0 Å². The summed E-state index contributed by atoms with van der Waals surface area (Å²) in [6, 6.07) is 6.76. The van der Waals surface area contributed by atoms with E-state index in [1.165, 1.54) is 0 Å². The Hall–Kier alpha value is -1.01. The van der Waals surface area contributed by atoms with Gasteiger partial charge >= 0.3 is 5.97 Å². The predicted molar refractivity (Wildman–Crippen MR) is 101 cm³/mol. The average Bonchev–Trinajstić information content (AvgIpc) is 2.91. The van der Waals surface area contributed by atoms with Crippen LogP contribution in [0.2, 0.25) is 0 Å². The van der Waals surface area contributed by atoms with Gasteiger partial charge in [0.25, 0.3) is 5.91 Å². The molecule has 0 aromatic heterocycles. The number of esters is 1. The van der Waals surface area contributed by atoms with Gasteiger partial charge in [0.1, 0.15) is 6.04 Å². The number of hydrogen-bond acceptors (Lipinski definition) is 4. The number of amides is 1. The van der Waals surface area contributed by atoms with E-state index in [0.717, 1.165) is 4.47 Å². The summed E-state index contributed by atoms with van der Waals surface area (Å²) in [5.74, 6) is 0.0895. The Bertz CT molecular complexity index is 627. The van der Waals surface area contributed by atoms with Crippen molar-refractivity contribution in [3.63, 3.8) is 0 Å². The maximum Gasteiger partial charge on any atom is 0.330 e. The van der Waals surface area contributed by atoms with Crippen molar-refractivity contribution in [3.8, 4) is 0 Å². The summed E-state index contributed by atoms with van der Waals surface area (Å²) in [6.45, 7) is 9.89. The van der Waals surface area contributed by atoms with E-state index in [2.05, 4.69) is 36.7 Å². The van der Waals surface area contributed by atoms with Crippen LogP contribution < -0.4 is 0 Å². The van der Waals surface area contributed by atoms with Crippen molar-refractivity contribution in [2.24, 2.45) is 5.41 Å². The first-order valence-electron chi connectivity index (χ1n) is 8.02. The van der Waals surface area contributed by atoms with Gasteiger partial charge < -0.3 is 9.64 Å². The standard InChI is InChI=1S/C18H24BrNO3S/c1-11(2)23-16(22)14-10-24-17(18(3,4)5)20(14)15(21)12-8-6-7-9-13(12)19/h6-9,11,14,17H,10H2,1-5H3. The first-order chi connectivity index (χ1) is 11.1. The van der Waals surface area contributed by atoms with E-state index in [4.69, 9.17) is 4.74 Å². The molecule has 0 bridgehead atoms. The molecule has 6 heteroatoms. The van der Waals surface area contributed by atoms with Gasteiger partial charge in [-0.25, -0.2) is 4.79 Å². The summed E-state index contributed by atoms with van der Waals surface area (Å²) >= 11 is 5.08. The Labute approximate surface area is 156 Å². The number of carbonyl (C=O) groups excluding carboxylic acids is 2. The number of thioether (sulfide) groups is 1. The Balaban J connectivity index is 2.38. The fourth-order valence-corrected chi connectivity index (χ4v) is 4.71. The molecule has 0 aliphatic carbocycles. The van der Waals surface area contributed by atoms with Crippen molar-refractivity contribution in [3.05, 3.63) is 34.3 Å². The second-order valence-electron chi connectivity index (χ2n) is 7.25. The van der Waals surface area contributed by atoms with Crippen LogP contribution in [-0.2, 0) is 9.53 Å². The molecule has 1 saturated heterocycles. The molecule has 0 saturated carbocycles. The zero-order valence-corrected chi connectivity index (χ0v) is 17.1. The minimum Gasteiger partial charge on any atom is -0.461 e. The molecule has 2 atom stereocenters. The minimum absolute atomic E-state index is 0.0816. The topological polar surface area (TPSA) is 46.6 Å². The van der Waals surface area contributed by atoms with Crippen LogP contribution in [0.25, 0.3) is 0 Å². The van der Waals surface area contributed by atoms with Gasteiger partial charge in [-0.1, -0.05) is 32.9 Å². The van der Waals surface area contributed by atoms with Gasteiger partial charge in [-0.15, -0.1) is 11.8 Å². The lowest BCUT2D eigenvalue weighted by atomic mass is 9.94. The van der Waals surface area contributed by atoms with Crippen LogP contribution in [-0.4, -0.2) is 40.0 Å². The molecular formula is C18H24BrNO3S. The van der Waals surface area contributed by atoms with Gasteiger partial charge in [0, 0.05) is 10.2 Å². The second-order valence-corrected chi connectivity index (χ2v) is 9.21. The number of benzene rings is 1. The maximum absolute atomic E-state index is 13.2. The first kappa shape index (κ1) is 19.3. The molecule has 1 aromatic rings. The van der Waals surface area contributed by atoms with E-state index in [-0.39, 0.29) is 28.8 Å². The molecule has 1 fully saturated rings. The van der Waals surface area contributed by atoms with Crippen LogP contribution >= 0.6 is 27.7 Å². The lowest BCUT2D eigenvalue weighted by Gasteiger charge is -2.36. The van der Waals surface area contributed by atoms with E-state index in [1.807, 2.05) is 32.0 Å². The fourth-order valence-electron chi connectivity index (χ4n) is 2.69. The molecule has 0 N–H and O–H groups in total. The smallest absolute Gasteiger partial charge is 0.330 e. The minimum atomic E-state index is -0.554. The molecule has 4 nitrogen and oxygen atoms in total. The molecule has 0 radical (unpaired) electrons. The number of carbonyl (C=O) groups is 2. The number of hydrogen-bond donors (Lipinski definition) is 0. The highest BCUT2D eigenvalue weighted by Gasteiger charge is 2.47. The van der Waals surface area contributed by atoms with Gasteiger partial charge in [0.2, 0.25) is 0 Å². The van der Waals surface area contributed by atoms with Gasteiger partial charge in [-0.2, -0.15) is 0 Å². The van der Waals surface area contributed by atoms with Gasteiger partial charge in [0.05, 0.1) is 17.0 Å². The molecule has 2 rings (SSSR count). The molecule has 132 valence electrons. The summed E-state index contributed by atoms with van der Waals surface area (Å²) in [6.07, 6.45) is -0.198. The molecule has 2 unspecified atom stereocenters. The summed E-state index contributed by atoms with van der Waals surface area (Å²) in [4.78, 5) is 27.4. The second kappa shape index (κ2) is 7.48. The highest BCUT2D eigenvalue weighted by molar-refractivity contribution is 9.10. The fraction of sp³-hybridized carbons (Fsp3) is 0.556. The van der Waals surface area contributed by atoms with E-state index in [1.54, 1.807) is 22.7 Å². The monoisotopic (exact) mass is 413 g/mol. The van der Waals surface area contributed by atoms with Crippen LogP contribution in [0.1, 0.15) is 45.0 Å². The van der Waals surface area contributed by atoms with Crippen molar-refractivity contribution in [2.75, 3.05) is 5.75 Å². The third kappa shape index (κ3) is 4.14. The number of ether oxygens (including phenoxy) is 1. The maximum atomic E-state index is 13.2. The highest BCUT2D eigenvalue weighted by atomic mass is 79.9. The zero-order chi connectivity index (χ0) is 18.1. The van der Waals surface area contributed by atoms with Crippen molar-refractivity contribution in [1.29, 1.82) is 0 Å². The third-order valence-electron chi connectivity index (χ3n) is 3.70. The van der Waals surface area contributed by atoms with Crippen molar-refractivity contribution < 1.29 is 14.3 Å². The summed E-state index contributed by atoms with van der Waals surface area (Å²) in [5.41, 5.74) is 0.422. The number of halogens is 1. The summed E-state index contributed by atoms with van der Waals surface area (Å²) in [5, 5.41) is -0.0816. The Morgan fingerprint density at radius 3 is 2.46 bits per heavy atom. The van der Waals surface area contributed by atoms with Gasteiger partial charge in [-0.05, 0) is 47.3 Å². The van der Waals surface area contributed by atoms with E-state index in [9.17, 15) is 9.59 Å². The molecule has 1 aliphatic heterocycles. The van der Waals surface area contributed by atoms with Crippen molar-refractivity contribution in [1.82, 2.24) is 4.90 Å². The van der Waals surface area contributed by atoms with Crippen LogP contribution in [0.15, 0.2) is 28.7 Å². The van der Waals surface area contributed by atoms with Crippen LogP contribution in [0.5, 0.6) is 0 Å². The molecular weight excluding hydrogens is 390 g/mol. The molecule has 1 aliphatic rings. The third-order valence-corrected chi connectivity index (χ3v) is 6.15. The molecule has 0 spiro atoms. The van der Waals surface area contributed by atoms with Gasteiger partial charge in [-0.3, -0.25) is 4.79 Å². The van der Waals surface area contributed by atoms with Crippen molar-refractivity contribution in [2.45, 2.75) is 52.1 Å². The normalized spacial score (nSPS) is 21.2. The lowest BCUT2D eigenvalue weighted by Crippen LogP contribution is -2.50. The van der Waals surface area contributed by atoms with Gasteiger partial charge in [0.15, 0.2) is 0 Å². The van der Waals surface area contributed by atoms with Crippen LogP contribution in [0, 0.1) is 5.41 Å². The SMILES string of the molecule is CC(C)OC(=O)C1CSC(C(C)(C)C)N1C(=O)c1ccccc1Br. The van der Waals surface area contributed by atoms with E-state index in [0.29, 0.717) is 11.3 Å². The first-order valence-corrected chi connectivity index (χ1v) is 9.86. The summed E-state index contributed by atoms with van der Waals surface area (Å²) < 4.78 is 6.12. The molecule has 1 amide bonds. The lowest BCUT2D eigenvalue weighted by molar-refractivity contribution is -0.152. The Morgan fingerprint density at radius 1 is 1.29 bits per heavy atom. The molecule has 24 heavy (non-hydrogen) atoms. The molecule has 1 heterocycles. The number of rotatable bonds is 3. The van der Waals surface area contributed by atoms with Crippen molar-refractivity contribution >= 4 is 39.6 Å². The largest absolute Gasteiger partial charge is 0.461 e. The highest BCUT2D eigenvalue weighted by Crippen LogP contribution is 2.42. The zero-order valence-electron chi connectivity index (χ0n) is 14.7. The van der Waals surface area contributed by atoms with Crippen LogP contribution in [0.3, 0.4) is 0 Å². The quantitative estimate of drug-likeness (QED) is 0.691. The number of nitrogens with zero attached hydrogens (tertiary/aromatic N) is 1. The predicted octanol–water partition coefficient (Wildman–Crippen LogP) is 4.33. The van der Waals surface area contributed by atoms with E-state index < -0.39 is 6.04 Å².